The van der Waals surface area contributed by atoms with Gasteiger partial charge >= 0.3 is 0 Å². The number of nitrogens with one attached hydrogen (secondary N) is 1. The molecule has 0 aromatic heterocycles. The van der Waals surface area contributed by atoms with Gasteiger partial charge in [0.2, 0.25) is 5.79 Å². The van der Waals surface area contributed by atoms with Crippen molar-refractivity contribution in [2.75, 3.05) is 18.5 Å². The van der Waals surface area contributed by atoms with E-state index in [9.17, 15) is 5.11 Å². The average molecular weight is 251 g/mol. The van der Waals surface area contributed by atoms with Crippen LogP contribution >= 0.6 is 0 Å². The van der Waals surface area contributed by atoms with E-state index in [0.717, 1.165) is 17.2 Å². The molecule has 4 nitrogen and oxygen atoms in total. The normalized spacial score (nSPS) is 16.7. The number of rotatable bonds is 4. The fourth-order valence-corrected chi connectivity index (χ4v) is 1.73. The molecule has 2 N–H and O–H groups in total. The molecule has 100 valence electrons. The molecule has 18 heavy (non-hydrogen) atoms. The number of anilines is 1. The Balaban J connectivity index is 2.05. The smallest absolute Gasteiger partial charge is 0.246 e. The Labute approximate surface area is 108 Å². The molecule has 0 bridgehead atoms. The van der Waals surface area contributed by atoms with Crippen LogP contribution in [0.4, 0.5) is 5.69 Å². The lowest BCUT2D eigenvalue weighted by atomic mass is 9.95. The van der Waals surface area contributed by atoms with E-state index < -0.39 is 5.79 Å². The summed E-state index contributed by atoms with van der Waals surface area (Å²) in [5, 5.41) is 12.5. The largest absolute Gasteiger partial charge is 0.449 e. The van der Waals surface area contributed by atoms with E-state index in [1.807, 2.05) is 45.9 Å². The van der Waals surface area contributed by atoms with Crippen LogP contribution in [0.25, 0.3) is 0 Å². The van der Waals surface area contributed by atoms with Gasteiger partial charge in [0, 0.05) is 44.2 Å². The maximum absolute atomic E-state index is 9.21. The average Bonchev–Trinajstić information content (AvgIpc) is 2.59. The fraction of sp³-hybridized carbons (Fsp3) is 0.571. The van der Waals surface area contributed by atoms with Crippen LogP contribution in [0.3, 0.4) is 0 Å². The predicted octanol–water partition coefficient (Wildman–Crippen LogP) is 2.62. The second kappa shape index (κ2) is 4.35. The summed E-state index contributed by atoms with van der Waals surface area (Å²) in [7, 11) is 0. The molecule has 1 aromatic rings. The van der Waals surface area contributed by atoms with E-state index in [4.69, 9.17) is 9.47 Å². The molecular weight excluding hydrogens is 230 g/mol. The van der Waals surface area contributed by atoms with Crippen molar-refractivity contribution in [3.8, 4) is 11.5 Å². The first-order valence-corrected chi connectivity index (χ1v) is 6.18. The minimum Gasteiger partial charge on any atom is -0.449 e. The van der Waals surface area contributed by atoms with E-state index >= 15 is 0 Å². The molecule has 0 saturated carbocycles. The van der Waals surface area contributed by atoms with Gasteiger partial charge in [-0.15, -0.1) is 0 Å². The standard InChI is InChI=1S/C14H21NO3/c1-13(2,9-16)8-15-10-5-6-11-12(7-10)18-14(3,4)17-11/h5-7,15-16H,8-9H2,1-4H3. The highest BCUT2D eigenvalue weighted by Crippen LogP contribution is 2.40. The van der Waals surface area contributed by atoms with E-state index in [0.29, 0.717) is 6.54 Å². The van der Waals surface area contributed by atoms with E-state index in [-0.39, 0.29) is 12.0 Å². The summed E-state index contributed by atoms with van der Waals surface area (Å²) in [6.45, 7) is 8.64. The quantitative estimate of drug-likeness (QED) is 0.863. The van der Waals surface area contributed by atoms with Crippen LogP contribution in [0.15, 0.2) is 18.2 Å². The zero-order chi connectivity index (χ0) is 13.4. The van der Waals surface area contributed by atoms with Gasteiger partial charge in [0.15, 0.2) is 11.5 Å². The lowest BCUT2D eigenvalue weighted by Gasteiger charge is -2.22. The Morgan fingerprint density at radius 3 is 2.56 bits per heavy atom. The number of ether oxygens (including phenoxy) is 2. The van der Waals surface area contributed by atoms with Crippen LogP contribution in [-0.2, 0) is 0 Å². The minimum atomic E-state index is -0.592. The molecule has 1 aliphatic heterocycles. The van der Waals surface area contributed by atoms with Crippen LogP contribution in [0.5, 0.6) is 11.5 Å². The highest BCUT2D eigenvalue weighted by Gasteiger charge is 2.31. The molecule has 0 atom stereocenters. The summed E-state index contributed by atoms with van der Waals surface area (Å²) < 4.78 is 11.3. The molecule has 0 amide bonds. The highest BCUT2D eigenvalue weighted by molar-refractivity contribution is 5.56. The second-order valence-corrected chi connectivity index (χ2v) is 5.94. The molecule has 0 fully saturated rings. The topological polar surface area (TPSA) is 50.7 Å². The lowest BCUT2D eigenvalue weighted by molar-refractivity contribution is -0.0431. The third kappa shape index (κ3) is 2.88. The zero-order valence-electron chi connectivity index (χ0n) is 11.4. The molecule has 1 aromatic carbocycles. The van der Waals surface area contributed by atoms with Crippen molar-refractivity contribution < 1.29 is 14.6 Å². The summed E-state index contributed by atoms with van der Waals surface area (Å²) in [4.78, 5) is 0. The Kier molecular flexibility index (Phi) is 3.15. The highest BCUT2D eigenvalue weighted by atomic mass is 16.7. The first-order valence-electron chi connectivity index (χ1n) is 6.18. The van der Waals surface area contributed by atoms with Crippen molar-refractivity contribution in [3.63, 3.8) is 0 Å². The number of aliphatic hydroxyl groups is 1. The summed E-state index contributed by atoms with van der Waals surface area (Å²) in [6, 6.07) is 5.78. The van der Waals surface area contributed by atoms with Gasteiger partial charge in [0.05, 0.1) is 0 Å². The van der Waals surface area contributed by atoms with Crippen molar-refractivity contribution in [2.24, 2.45) is 5.41 Å². The van der Waals surface area contributed by atoms with Gasteiger partial charge in [-0.1, -0.05) is 13.8 Å². The summed E-state index contributed by atoms with van der Waals surface area (Å²) in [5.74, 6) is 0.935. The van der Waals surface area contributed by atoms with Crippen LogP contribution in [0.1, 0.15) is 27.7 Å². The van der Waals surface area contributed by atoms with Gasteiger partial charge < -0.3 is 19.9 Å². The lowest BCUT2D eigenvalue weighted by Crippen LogP contribution is -2.29. The Morgan fingerprint density at radius 1 is 1.22 bits per heavy atom. The number of aliphatic hydroxyl groups excluding tert-OH is 1. The maximum atomic E-state index is 9.21. The van der Waals surface area contributed by atoms with Crippen molar-refractivity contribution in [1.82, 2.24) is 0 Å². The van der Waals surface area contributed by atoms with Gasteiger partial charge in [0.25, 0.3) is 0 Å². The van der Waals surface area contributed by atoms with Crippen molar-refractivity contribution in [2.45, 2.75) is 33.5 Å². The maximum Gasteiger partial charge on any atom is 0.246 e. The molecule has 0 unspecified atom stereocenters. The zero-order valence-corrected chi connectivity index (χ0v) is 11.4. The molecule has 0 radical (unpaired) electrons. The van der Waals surface area contributed by atoms with Crippen LogP contribution in [0.2, 0.25) is 0 Å². The number of hydrogen-bond donors (Lipinski definition) is 2. The van der Waals surface area contributed by atoms with Crippen molar-refractivity contribution in [3.05, 3.63) is 18.2 Å². The van der Waals surface area contributed by atoms with Gasteiger partial charge in [-0.25, -0.2) is 0 Å². The summed E-state index contributed by atoms with van der Waals surface area (Å²) in [5.41, 5.74) is 0.826. The third-order valence-corrected chi connectivity index (χ3v) is 2.85. The minimum absolute atomic E-state index is 0.143. The fourth-order valence-electron chi connectivity index (χ4n) is 1.73. The van der Waals surface area contributed by atoms with E-state index in [1.165, 1.54) is 0 Å². The molecule has 0 spiro atoms. The number of benzene rings is 1. The van der Waals surface area contributed by atoms with E-state index in [2.05, 4.69) is 5.32 Å². The number of hydrogen-bond acceptors (Lipinski definition) is 4. The third-order valence-electron chi connectivity index (χ3n) is 2.85. The first kappa shape index (κ1) is 13.0. The molecule has 2 rings (SSSR count). The van der Waals surface area contributed by atoms with Gasteiger partial charge in [-0.3, -0.25) is 0 Å². The van der Waals surface area contributed by atoms with Gasteiger partial charge in [-0.05, 0) is 12.1 Å². The second-order valence-electron chi connectivity index (χ2n) is 5.94. The van der Waals surface area contributed by atoms with Crippen molar-refractivity contribution in [1.29, 1.82) is 0 Å². The monoisotopic (exact) mass is 251 g/mol. The van der Waals surface area contributed by atoms with Crippen molar-refractivity contribution >= 4 is 5.69 Å². The Bertz CT molecular complexity index is 441. The molecule has 4 heteroatoms. The predicted molar refractivity (Wildman–Crippen MR) is 71.1 cm³/mol. The summed E-state index contributed by atoms with van der Waals surface area (Å²) in [6.07, 6.45) is 0. The molecule has 0 saturated heterocycles. The van der Waals surface area contributed by atoms with Crippen LogP contribution in [0, 0.1) is 5.41 Å². The molecule has 1 aliphatic rings. The van der Waals surface area contributed by atoms with E-state index in [1.54, 1.807) is 0 Å². The van der Waals surface area contributed by atoms with Crippen LogP contribution in [-0.4, -0.2) is 24.0 Å². The number of fused-ring (bicyclic) bond motifs is 1. The molecule has 0 aliphatic carbocycles. The van der Waals surface area contributed by atoms with Gasteiger partial charge in [-0.2, -0.15) is 0 Å². The SMILES string of the molecule is CC(C)(CO)CNc1ccc2c(c1)OC(C)(C)O2. The Morgan fingerprint density at radius 2 is 1.89 bits per heavy atom. The Hall–Kier alpha value is -1.42. The molecular formula is C14H21NO3. The van der Waals surface area contributed by atoms with Crippen LogP contribution < -0.4 is 14.8 Å². The van der Waals surface area contributed by atoms with Gasteiger partial charge in [0.1, 0.15) is 0 Å². The first-order chi connectivity index (χ1) is 8.31. The summed E-state index contributed by atoms with van der Waals surface area (Å²) >= 11 is 0. The molecule has 1 heterocycles.